The van der Waals surface area contributed by atoms with Crippen molar-refractivity contribution in [3.05, 3.63) is 24.0 Å². The number of carbonyl (C=O) groups is 1. The van der Waals surface area contributed by atoms with Crippen molar-refractivity contribution in [2.24, 2.45) is 11.7 Å². The van der Waals surface area contributed by atoms with E-state index in [1.165, 1.54) is 12.1 Å². The maximum Gasteiger partial charge on any atom is 0.227 e. The number of amides is 1. The molecule has 0 saturated carbocycles. The van der Waals surface area contributed by atoms with Gasteiger partial charge in [-0.2, -0.15) is 0 Å². The number of halogens is 1. The number of nitrogens with two attached hydrogens (primary N) is 1. The fourth-order valence-corrected chi connectivity index (χ4v) is 2.31. The smallest absolute Gasteiger partial charge is 0.227 e. The minimum absolute atomic E-state index is 0.0144. The summed E-state index contributed by atoms with van der Waals surface area (Å²) in [5.74, 6) is -0.156. The largest absolute Gasteiger partial charge is 0.383 e. The van der Waals surface area contributed by atoms with Gasteiger partial charge in [0.25, 0.3) is 0 Å². The summed E-state index contributed by atoms with van der Waals surface area (Å²) in [5, 5.41) is 3.23. The number of rotatable bonds is 5. The van der Waals surface area contributed by atoms with E-state index in [0.717, 1.165) is 18.7 Å². The SMILES string of the molecule is CCCNc1ccc(F)cc1N1CC(CN)CC1=O. The number of anilines is 2. The number of nitrogens with zero attached hydrogens (tertiary/aromatic N) is 1. The minimum Gasteiger partial charge on any atom is -0.383 e. The molecule has 0 spiro atoms. The molecule has 1 heterocycles. The predicted molar refractivity (Wildman–Crippen MR) is 74.7 cm³/mol. The molecule has 4 nitrogen and oxygen atoms in total. The Kier molecular flexibility index (Phi) is 4.37. The maximum absolute atomic E-state index is 13.4. The third-order valence-electron chi connectivity index (χ3n) is 3.35. The van der Waals surface area contributed by atoms with E-state index in [-0.39, 0.29) is 17.6 Å². The number of carbonyl (C=O) groups excluding carboxylic acids is 1. The zero-order valence-electron chi connectivity index (χ0n) is 11.2. The van der Waals surface area contributed by atoms with E-state index in [2.05, 4.69) is 12.2 Å². The monoisotopic (exact) mass is 265 g/mol. The molecule has 0 bridgehead atoms. The third-order valence-corrected chi connectivity index (χ3v) is 3.35. The van der Waals surface area contributed by atoms with Gasteiger partial charge in [-0.05, 0) is 37.1 Å². The Morgan fingerprint density at radius 3 is 2.95 bits per heavy atom. The zero-order chi connectivity index (χ0) is 13.8. The van der Waals surface area contributed by atoms with E-state index in [0.29, 0.717) is 25.2 Å². The fourth-order valence-electron chi connectivity index (χ4n) is 2.31. The van der Waals surface area contributed by atoms with Crippen molar-refractivity contribution in [2.45, 2.75) is 19.8 Å². The summed E-state index contributed by atoms with van der Waals surface area (Å²) in [7, 11) is 0. The highest BCUT2D eigenvalue weighted by Gasteiger charge is 2.31. The predicted octanol–water partition coefficient (Wildman–Crippen LogP) is 1.96. The van der Waals surface area contributed by atoms with Gasteiger partial charge in [-0.1, -0.05) is 6.92 Å². The standard InChI is InChI=1S/C14H20FN3O/c1-2-5-17-12-4-3-11(15)7-13(12)18-9-10(8-16)6-14(18)19/h3-4,7,10,17H,2,5-6,8-9,16H2,1H3. The highest BCUT2D eigenvalue weighted by atomic mass is 19.1. The first-order valence-electron chi connectivity index (χ1n) is 6.69. The first-order valence-corrected chi connectivity index (χ1v) is 6.69. The molecule has 1 aliphatic heterocycles. The summed E-state index contributed by atoms with van der Waals surface area (Å²) >= 11 is 0. The van der Waals surface area contributed by atoms with Crippen LogP contribution in [0.4, 0.5) is 15.8 Å². The molecule has 1 unspecified atom stereocenters. The van der Waals surface area contributed by atoms with Crippen LogP contribution in [0.15, 0.2) is 18.2 Å². The van der Waals surface area contributed by atoms with Crippen molar-refractivity contribution in [1.82, 2.24) is 0 Å². The molecule has 1 aromatic carbocycles. The third kappa shape index (κ3) is 3.04. The molecule has 1 amide bonds. The van der Waals surface area contributed by atoms with Crippen molar-refractivity contribution in [2.75, 3.05) is 29.9 Å². The van der Waals surface area contributed by atoms with E-state index >= 15 is 0 Å². The van der Waals surface area contributed by atoms with Crippen LogP contribution in [0.5, 0.6) is 0 Å². The molecule has 1 atom stereocenters. The van der Waals surface area contributed by atoms with Gasteiger partial charge in [0, 0.05) is 19.5 Å². The van der Waals surface area contributed by atoms with Gasteiger partial charge in [-0.3, -0.25) is 4.79 Å². The number of hydrogen-bond acceptors (Lipinski definition) is 3. The Bertz CT molecular complexity index is 464. The second-order valence-electron chi connectivity index (χ2n) is 4.90. The Morgan fingerprint density at radius 1 is 1.53 bits per heavy atom. The lowest BCUT2D eigenvalue weighted by Gasteiger charge is -2.21. The van der Waals surface area contributed by atoms with E-state index in [1.54, 1.807) is 11.0 Å². The average Bonchev–Trinajstić information content (AvgIpc) is 2.78. The van der Waals surface area contributed by atoms with Crippen molar-refractivity contribution in [3.8, 4) is 0 Å². The normalized spacial score (nSPS) is 19.0. The van der Waals surface area contributed by atoms with Gasteiger partial charge in [0.2, 0.25) is 5.91 Å². The molecule has 1 fully saturated rings. The van der Waals surface area contributed by atoms with Crippen LogP contribution >= 0.6 is 0 Å². The van der Waals surface area contributed by atoms with Crippen LogP contribution in [0, 0.1) is 11.7 Å². The van der Waals surface area contributed by atoms with E-state index in [4.69, 9.17) is 5.73 Å². The minimum atomic E-state index is -0.332. The summed E-state index contributed by atoms with van der Waals surface area (Å²) in [5.41, 5.74) is 7.04. The highest BCUT2D eigenvalue weighted by Crippen LogP contribution is 2.32. The summed E-state index contributed by atoms with van der Waals surface area (Å²) in [4.78, 5) is 13.6. The molecule has 0 aliphatic carbocycles. The average molecular weight is 265 g/mol. The van der Waals surface area contributed by atoms with Crippen molar-refractivity contribution >= 4 is 17.3 Å². The number of hydrogen-bond donors (Lipinski definition) is 2. The van der Waals surface area contributed by atoms with Crippen LogP contribution in [0.25, 0.3) is 0 Å². The summed E-state index contributed by atoms with van der Waals surface area (Å²) in [6.45, 7) is 3.90. The van der Waals surface area contributed by atoms with Crippen LogP contribution in [-0.2, 0) is 4.79 Å². The summed E-state index contributed by atoms with van der Waals surface area (Å²) in [6, 6.07) is 4.50. The molecule has 0 aromatic heterocycles. The molecular formula is C14H20FN3O. The maximum atomic E-state index is 13.4. The quantitative estimate of drug-likeness (QED) is 0.855. The fraction of sp³-hybridized carbons (Fsp3) is 0.500. The van der Waals surface area contributed by atoms with Gasteiger partial charge in [-0.15, -0.1) is 0 Å². The first-order chi connectivity index (χ1) is 9.15. The van der Waals surface area contributed by atoms with Crippen LogP contribution in [0.3, 0.4) is 0 Å². The van der Waals surface area contributed by atoms with Gasteiger partial charge in [-0.25, -0.2) is 4.39 Å². The Morgan fingerprint density at radius 2 is 2.32 bits per heavy atom. The molecular weight excluding hydrogens is 245 g/mol. The first kappa shape index (κ1) is 13.8. The molecule has 1 aliphatic rings. The lowest BCUT2D eigenvalue weighted by atomic mass is 10.1. The van der Waals surface area contributed by atoms with Crippen molar-refractivity contribution < 1.29 is 9.18 Å². The molecule has 1 saturated heterocycles. The molecule has 19 heavy (non-hydrogen) atoms. The zero-order valence-corrected chi connectivity index (χ0v) is 11.2. The Labute approximate surface area is 112 Å². The molecule has 5 heteroatoms. The molecule has 1 aromatic rings. The summed E-state index contributed by atoms with van der Waals surface area (Å²) in [6.07, 6.45) is 1.41. The lowest BCUT2D eigenvalue weighted by molar-refractivity contribution is -0.117. The van der Waals surface area contributed by atoms with Crippen LogP contribution in [-0.4, -0.2) is 25.5 Å². The van der Waals surface area contributed by atoms with Gasteiger partial charge in [0.15, 0.2) is 0 Å². The second-order valence-corrected chi connectivity index (χ2v) is 4.90. The van der Waals surface area contributed by atoms with Crippen molar-refractivity contribution in [3.63, 3.8) is 0 Å². The topological polar surface area (TPSA) is 58.4 Å². The second kappa shape index (κ2) is 6.02. The van der Waals surface area contributed by atoms with Crippen LogP contribution in [0.2, 0.25) is 0 Å². The highest BCUT2D eigenvalue weighted by molar-refractivity contribution is 5.98. The number of benzene rings is 1. The Hall–Kier alpha value is -1.62. The van der Waals surface area contributed by atoms with E-state index < -0.39 is 0 Å². The van der Waals surface area contributed by atoms with E-state index in [9.17, 15) is 9.18 Å². The molecule has 3 N–H and O–H groups in total. The van der Waals surface area contributed by atoms with Crippen LogP contribution in [0.1, 0.15) is 19.8 Å². The number of nitrogens with one attached hydrogen (secondary N) is 1. The van der Waals surface area contributed by atoms with Gasteiger partial charge in [0.1, 0.15) is 5.82 Å². The van der Waals surface area contributed by atoms with Crippen LogP contribution < -0.4 is 16.0 Å². The Balaban J connectivity index is 2.27. The van der Waals surface area contributed by atoms with Gasteiger partial charge in [0.05, 0.1) is 11.4 Å². The molecule has 0 radical (unpaired) electrons. The van der Waals surface area contributed by atoms with Gasteiger partial charge < -0.3 is 16.0 Å². The van der Waals surface area contributed by atoms with Crippen molar-refractivity contribution in [1.29, 1.82) is 0 Å². The summed E-state index contributed by atoms with van der Waals surface area (Å²) < 4.78 is 13.4. The van der Waals surface area contributed by atoms with E-state index in [1.807, 2.05) is 0 Å². The lowest BCUT2D eigenvalue weighted by Crippen LogP contribution is -2.26. The molecule has 2 rings (SSSR count). The van der Waals surface area contributed by atoms with Gasteiger partial charge >= 0.3 is 0 Å². The molecule has 104 valence electrons.